The van der Waals surface area contributed by atoms with Gasteiger partial charge in [0.1, 0.15) is 0 Å². The third-order valence-electron chi connectivity index (χ3n) is 6.67. The van der Waals surface area contributed by atoms with Crippen molar-refractivity contribution in [2.75, 3.05) is 18.0 Å². The number of carbonyl (C=O) groups is 3. The predicted molar refractivity (Wildman–Crippen MR) is 135 cm³/mol. The van der Waals surface area contributed by atoms with Crippen molar-refractivity contribution in [2.24, 2.45) is 7.05 Å². The number of rotatable bonds is 3. The number of benzene rings is 1. The molecule has 1 fully saturated rings. The Kier molecular flexibility index (Phi) is 9.60. The third kappa shape index (κ3) is 7.23. The molecule has 2 aromatic heterocycles. The highest BCUT2D eigenvalue weighted by atomic mass is 19.4. The minimum atomic E-state index is -5.08. The Morgan fingerprint density at radius 2 is 1.48 bits per heavy atom. The highest BCUT2D eigenvalue weighted by molar-refractivity contribution is 6.13. The fraction of sp³-hybridized carbons (Fsp3) is 0.346. The minimum Gasteiger partial charge on any atom is -0.475 e. The Balaban J connectivity index is 0.000000289. The van der Waals surface area contributed by atoms with Gasteiger partial charge in [0, 0.05) is 26.0 Å². The zero-order valence-corrected chi connectivity index (χ0v) is 21.9. The minimum absolute atomic E-state index is 0.182. The van der Waals surface area contributed by atoms with Gasteiger partial charge in [-0.1, -0.05) is 18.2 Å². The fourth-order valence-electron chi connectivity index (χ4n) is 4.60. The fourth-order valence-corrected chi connectivity index (χ4v) is 4.60. The summed E-state index contributed by atoms with van der Waals surface area (Å²) in [4.78, 5) is 44.2. The number of nitrogens with zero attached hydrogens (tertiary/aromatic N) is 5. The number of carboxylic acids is 2. The number of alkyl halides is 6. The van der Waals surface area contributed by atoms with E-state index in [9.17, 15) is 31.1 Å². The molecule has 16 heteroatoms. The van der Waals surface area contributed by atoms with Gasteiger partial charge in [-0.3, -0.25) is 19.6 Å². The van der Waals surface area contributed by atoms with Crippen LogP contribution in [0.2, 0.25) is 0 Å². The van der Waals surface area contributed by atoms with Gasteiger partial charge in [-0.25, -0.2) is 14.6 Å². The maximum Gasteiger partial charge on any atom is 0.490 e. The van der Waals surface area contributed by atoms with E-state index < -0.39 is 29.7 Å². The summed E-state index contributed by atoms with van der Waals surface area (Å²) in [7, 11) is 2.02. The van der Waals surface area contributed by atoms with Crippen LogP contribution in [0.25, 0.3) is 0 Å². The number of hydrogen-bond donors (Lipinski definition) is 2. The van der Waals surface area contributed by atoms with Gasteiger partial charge in [-0.2, -0.15) is 26.3 Å². The Labute approximate surface area is 234 Å². The number of aliphatic carboxylic acids is 2. The summed E-state index contributed by atoms with van der Waals surface area (Å²) < 4.78 is 65.5. The zero-order chi connectivity index (χ0) is 31.3. The number of aryl methyl sites for hydroxylation is 1. The Bertz CT molecular complexity index is 1380. The number of halogens is 6. The summed E-state index contributed by atoms with van der Waals surface area (Å²) in [5.74, 6) is -5.33. The highest BCUT2D eigenvalue weighted by Gasteiger charge is 2.52. The molecule has 2 N–H and O–H groups in total. The molecule has 0 unspecified atom stereocenters. The summed E-state index contributed by atoms with van der Waals surface area (Å²) in [6.45, 7) is 2.66. The van der Waals surface area contributed by atoms with Crippen LogP contribution in [0, 0.1) is 0 Å². The van der Waals surface area contributed by atoms with Crippen molar-refractivity contribution in [1.82, 2.24) is 19.4 Å². The molecule has 1 spiro atoms. The number of fused-ring (bicyclic) bond motifs is 2. The van der Waals surface area contributed by atoms with Crippen molar-refractivity contribution in [3.63, 3.8) is 0 Å². The molecule has 0 bridgehead atoms. The van der Waals surface area contributed by atoms with Gasteiger partial charge in [0.25, 0.3) is 0 Å². The molecule has 1 saturated heterocycles. The van der Waals surface area contributed by atoms with Crippen molar-refractivity contribution >= 4 is 29.2 Å². The molecule has 1 amide bonds. The van der Waals surface area contributed by atoms with Gasteiger partial charge in [-0.05, 0) is 49.7 Å². The molecule has 5 rings (SSSR count). The maximum atomic E-state index is 13.7. The normalized spacial score (nSPS) is 16.2. The summed E-state index contributed by atoms with van der Waals surface area (Å²) in [5, 5.41) is 14.2. The standard InChI is InChI=1S/C22H23N5O.2C2HF3O2/c1-25-16-24-14-18(25)15-26-11-8-22(9-12-26)19-6-2-3-7-20(19)27(21(22)28)17-5-4-10-23-13-17;2*3-2(4,5)1(6)7/h2-7,10,13-14,16H,8-9,11-12,15H2,1H3;2*(H,6,7). The van der Waals surface area contributed by atoms with Crippen LogP contribution in [0.15, 0.2) is 61.3 Å². The lowest BCUT2D eigenvalue weighted by molar-refractivity contribution is -0.193. The highest BCUT2D eigenvalue weighted by Crippen LogP contribution is 2.50. The van der Waals surface area contributed by atoms with Gasteiger partial charge in [-0.15, -0.1) is 0 Å². The van der Waals surface area contributed by atoms with E-state index >= 15 is 0 Å². The smallest absolute Gasteiger partial charge is 0.475 e. The summed E-state index contributed by atoms with van der Waals surface area (Å²) >= 11 is 0. The number of piperidine rings is 1. The maximum absolute atomic E-state index is 13.7. The summed E-state index contributed by atoms with van der Waals surface area (Å²) in [6, 6.07) is 12.1. The van der Waals surface area contributed by atoms with Crippen molar-refractivity contribution in [2.45, 2.75) is 37.2 Å². The van der Waals surface area contributed by atoms with Gasteiger partial charge in [0.2, 0.25) is 5.91 Å². The van der Waals surface area contributed by atoms with E-state index in [1.54, 1.807) is 12.4 Å². The number of anilines is 2. The first-order chi connectivity index (χ1) is 19.6. The number of imidazole rings is 1. The molecule has 42 heavy (non-hydrogen) atoms. The number of pyridine rings is 1. The van der Waals surface area contributed by atoms with E-state index in [0.717, 1.165) is 49.4 Å². The third-order valence-corrected chi connectivity index (χ3v) is 6.67. The van der Waals surface area contributed by atoms with Crippen molar-refractivity contribution in [1.29, 1.82) is 0 Å². The monoisotopic (exact) mass is 601 g/mol. The quantitative estimate of drug-likeness (QED) is 0.426. The number of amides is 1. The Morgan fingerprint density at radius 1 is 0.905 bits per heavy atom. The molecular formula is C26H25F6N5O5. The molecule has 10 nitrogen and oxygen atoms in total. The van der Waals surface area contributed by atoms with E-state index in [0.29, 0.717) is 0 Å². The van der Waals surface area contributed by atoms with E-state index in [1.807, 2.05) is 48.7 Å². The molecular weight excluding hydrogens is 576 g/mol. The first-order valence-corrected chi connectivity index (χ1v) is 12.2. The van der Waals surface area contributed by atoms with Gasteiger partial charge >= 0.3 is 24.3 Å². The second-order valence-corrected chi connectivity index (χ2v) is 9.33. The van der Waals surface area contributed by atoms with Crippen molar-refractivity contribution in [3.05, 3.63) is 72.6 Å². The summed E-state index contributed by atoms with van der Waals surface area (Å²) in [6.07, 6.45) is -1.24. The second kappa shape index (κ2) is 12.6. The Morgan fingerprint density at radius 3 is 1.95 bits per heavy atom. The van der Waals surface area contributed by atoms with Crippen LogP contribution in [0.5, 0.6) is 0 Å². The van der Waals surface area contributed by atoms with Gasteiger partial charge in [0.15, 0.2) is 0 Å². The molecule has 2 aliphatic heterocycles. The number of carboxylic acid groups (broad SMARTS) is 2. The van der Waals surface area contributed by atoms with Gasteiger partial charge < -0.3 is 14.8 Å². The second-order valence-electron chi connectivity index (χ2n) is 9.33. The van der Waals surface area contributed by atoms with E-state index in [1.165, 1.54) is 5.69 Å². The van der Waals surface area contributed by atoms with Crippen LogP contribution >= 0.6 is 0 Å². The zero-order valence-electron chi connectivity index (χ0n) is 21.9. The number of carbonyl (C=O) groups excluding carboxylic acids is 1. The number of aromatic nitrogens is 3. The van der Waals surface area contributed by atoms with Crippen LogP contribution < -0.4 is 4.90 Å². The lowest BCUT2D eigenvalue weighted by atomic mass is 9.73. The first kappa shape index (κ1) is 32.0. The molecule has 2 aliphatic rings. The molecule has 226 valence electrons. The van der Waals surface area contributed by atoms with E-state index in [-0.39, 0.29) is 5.91 Å². The van der Waals surface area contributed by atoms with Crippen LogP contribution in [-0.2, 0) is 33.4 Å². The molecule has 1 aromatic carbocycles. The predicted octanol–water partition coefficient (Wildman–Crippen LogP) is 4.29. The molecule has 0 radical (unpaired) electrons. The topological polar surface area (TPSA) is 129 Å². The average Bonchev–Trinajstić information content (AvgIpc) is 3.43. The first-order valence-electron chi connectivity index (χ1n) is 12.2. The molecule has 0 saturated carbocycles. The van der Waals surface area contributed by atoms with Crippen LogP contribution in [0.3, 0.4) is 0 Å². The van der Waals surface area contributed by atoms with Crippen molar-refractivity contribution < 1.29 is 50.9 Å². The van der Waals surface area contributed by atoms with E-state index in [4.69, 9.17) is 19.8 Å². The lowest BCUT2D eigenvalue weighted by Crippen LogP contribution is -2.47. The van der Waals surface area contributed by atoms with Crippen LogP contribution in [0.4, 0.5) is 37.7 Å². The summed E-state index contributed by atoms with van der Waals surface area (Å²) in [5.41, 5.74) is 3.76. The number of hydrogen-bond acceptors (Lipinski definition) is 6. The molecule has 4 heterocycles. The molecule has 0 aliphatic carbocycles. The molecule has 0 atom stereocenters. The SMILES string of the molecule is Cn1cncc1CN1CCC2(CC1)C(=O)N(c1cccnc1)c1ccccc12.O=C(O)C(F)(F)F.O=C(O)C(F)(F)F. The lowest BCUT2D eigenvalue weighted by Gasteiger charge is -2.38. The van der Waals surface area contributed by atoms with Crippen molar-refractivity contribution in [3.8, 4) is 0 Å². The number of para-hydroxylation sites is 1. The number of likely N-dealkylation sites (tertiary alicyclic amines) is 1. The van der Waals surface area contributed by atoms with Gasteiger partial charge in [0.05, 0.1) is 35.0 Å². The Hall–Kier alpha value is -4.47. The van der Waals surface area contributed by atoms with E-state index in [2.05, 4.69) is 31.6 Å². The van der Waals surface area contributed by atoms with Crippen LogP contribution in [0.1, 0.15) is 24.1 Å². The largest absolute Gasteiger partial charge is 0.490 e. The molecule has 3 aromatic rings. The average molecular weight is 602 g/mol. The van der Waals surface area contributed by atoms with Crippen LogP contribution in [-0.4, -0.2) is 72.9 Å².